The van der Waals surface area contributed by atoms with Crippen LogP contribution in [0.5, 0.6) is 0 Å². The second-order valence-corrected chi connectivity index (χ2v) is 5.87. The third-order valence-corrected chi connectivity index (χ3v) is 4.40. The monoisotopic (exact) mass is 246 g/mol. The fourth-order valence-corrected chi connectivity index (χ4v) is 3.02. The number of hydrogen-bond acceptors (Lipinski definition) is 4. The van der Waals surface area contributed by atoms with Crippen molar-refractivity contribution in [1.29, 1.82) is 0 Å². The summed E-state index contributed by atoms with van der Waals surface area (Å²) in [5.74, 6) is 0.778. The first-order chi connectivity index (χ1) is 7.56. The number of carbonyl (C=O) groups excluding carboxylic acids is 1. The molecule has 1 aliphatic carbocycles. The van der Waals surface area contributed by atoms with Crippen LogP contribution in [0.3, 0.4) is 0 Å². The molecule has 1 fully saturated rings. The molecule has 0 aromatic rings. The van der Waals surface area contributed by atoms with E-state index in [9.17, 15) is 4.79 Å². The van der Waals surface area contributed by atoms with Crippen LogP contribution < -0.4 is 11.1 Å². The maximum Gasteiger partial charge on any atom is 0.238 e. The highest BCUT2D eigenvalue weighted by Crippen LogP contribution is 2.41. The summed E-state index contributed by atoms with van der Waals surface area (Å²) in [6.07, 6.45) is 2.15. The molecular weight excluding hydrogens is 224 g/mol. The molecular formula is C11H22N2O2S. The lowest BCUT2D eigenvalue weighted by atomic mass is 9.94. The molecule has 0 bridgehead atoms. The van der Waals surface area contributed by atoms with E-state index in [4.69, 9.17) is 10.8 Å². The highest BCUT2D eigenvalue weighted by Gasteiger charge is 2.49. The molecule has 4 nitrogen and oxygen atoms in total. The van der Waals surface area contributed by atoms with Gasteiger partial charge in [-0.05, 0) is 25.3 Å². The Morgan fingerprint density at radius 3 is 2.69 bits per heavy atom. The summed E-state index contributed by atoms with van der Waals surface area (Å²) in [6, 6.07) is 0. The maximum absolute atomic E-state index is 11.7. The Morgan fingerprint density at radius 2 is 2.31 bits per heavy atom. The number of aliphatic hydroxyl groups excluding tert-OH is 1. The predicted molar refractivity (Wildman–Crippen MR) is 67.3 cm³/mol. The Labute approximate surface area is 101 Å². The summed E-state index contributed by atoms with van der Waals surface area (Å²) in [6.45, 7) is 4.82. The van der Waals surface area contributed by atoms with Crippen LogP contribution in [-0.2, 0) is 4.79 Å². The molecule has 94 valence electrons. The molecule has 0 radical (unpaired) electrons. The van der Waals surface area contributed by atoms with E-state index >= 15 is 0 Å². The lowest BCUT2D eigenvalue weighted by Crippen LogP contribution is -2.59. The third-order valence-electron chi connectivity index (χ3n) is 3.06. The number of aliphatic hydroxyl groups is 1. The van der Waals surface area contributed by atoms with Gasteiger partial charge in [-0.1, -0.05) is 13.8 Å². The highest BCUT2D eigenvalue weighted by molar-refractivity contribution is 8.00. The summed E-state index contributed by atoms with van der Waals surface area (Å²) in [5.41, 5.74) is 4.98. The van der Waals surface area contributed by atoms with Crippen LogP contribution in [0.2, 0.25) is 0 Å². The lowest BCUT2D eigenvalue weighted by molar-refractivity contribution is -0.124. The molecule has 1 saturated carbocycles. The first-order valence-corrected chi connectivity index (χ1v) is 6.89. The molecule has 0 aromatic heterocycles. The Kier molecular flexibility index (Phi) is 5.08. The number of amides is 1. The van der Waals surface area contributed by atoms with E-state index in [0.29, 0.717) is 11.7 Å². The van der Waals surface area contributed by atoms with Gasteiger partial charge in [0, 0.05) is 11.0 Å². The van der Waals surface area contributed by atoms with E-state index in [-0.39, 0.29) is 17.8 Å². The summed E-state index contributed by atoms with van der Waals surface area (Å²) >= 11 is 1.61. The van der Waals surface area contributed by atoms with Gasteiger partial charge in [-0.25, -0.2) is 0 Å². The molecule has 0 aliphatic heterocycles. The minimum Gasteiger partial charge on any atom is -0.395 e. The second kappa shape index (κ2) is 5.89. The fraction of sp³-hybridized carbons (Fsp3) is 0.909. The summed E-state index contributed by atoms with van der Waals surface area (Å²) in [5, 5.41) is 12.4. The number of rotatable bonds is 8. The van der Waals surface area contributed by atoms with Crippen molar-refractivity contribution in [3.8, 4) is 0 Å². The molecule has 1 aliphatic rings. The van der Waals surface area contributed by atoms with Gasteiger partial charge >= 0.3 is 0 Å². The van der Waals surface area contributed by atoms with E-state index in [2.05, 4.69) is 5.32 Å². The molecule has 0 saturated heterocycles. The number of nitrogens with one attached hydrogen (secondary N) is 1. The Bertz CT molecular complexity index is 246. The van der Waals surface area contributed by atoms with Crippen molar-refractivity contribution >= 4 is 17.7 Å². The quantitative estimate of drug-likeness (QED) is 0.577. The smallest absolute Gasteiger partial charge is 0.238 e. The second-order valence-electron chi connectivity index (χ2n) is 4.44. The lowest BCUT2D eigenvalue weighted by Gasteiger charge is -2.32. The van der Waals surface area contributed by atoms with Crippen LogP contribution in [0.25, 0.3) is 0 Å². The van der Waals surface area contributed by atoms with Gasteiger partial charge in [-0.15, -0.1) is 0 Å². The number of hydrogen-bond donors (Lipinski definition) is 3. The van der Waals surface area contributed by atoms with Gasteiger partial charge in [0.05, 0.1) is 6.61 Å². The van der Waals surface area contributed by atoms with Gasteiger partial charge in [0.1, 0.15) is 5.54 Å². The van der Waals surface area contributed by atoms with Crippen LogP contribution in [0, 0.1) is 5.92 Å². The number of thioether (sulfide) groups is 1. The van der Waals surface area contributed by atoms with Crippen LogP contribution >= 0.6 is 11.8 Å². The van der Waals surface area contributed by atoms with Crippen LogP contribution in [-0.4, -0.2) is 40.7 Å². The van der Waals surface area contributed by atoms with Crippen molar-refractivity contribution in [1.82, 2.24) is 5.32 Å². The predicted octanol–water partition coefficient (Wildman–Crippen LogP) is 0.344. The molecule has 0 heterocycles. The Hall–Kier alpha value is -0.260. The average Bonchev–Trinajstić information content (AvgIpc) is 3.07. The van der Waals surface area contributed by atoms with Crippen LogP contribution in [0.4, 0.5) is 0 Å². The zero-order chi connectivity index (χ0) is 12.2. The van der Waals surface area contributed by atoms with Crippen molar-refractivity contribution in [3.63, 3.8) is 0 Å². The number of likely N-dealkylation sites (N-methyl/N-ethyl adjacent to an activating group) is 1. The van der Waals surface area contributed by atoms with E-state index in [1.807, 2.05) is 13.8 Å². The van der Waals surface area contributed by atoms with E-state index in [1.54, 1.807) is 11.8 Å². The van der Waals surface area contributed by atoms with Crippen LogP contribution in [0.1, 0.15) is 26.7 Å². The molecule has 0 aromatic carbocycles. The highest BCUT2D eigenvalue weighted by atomic mass is 32.2. The van der Waals surface area contributed by atoms with E-state index < -0.39 is 5.54 Å². The first-order valence-electron chi connectivity index (χ1n) is 5.84. The zero-order valence-electron chi connectivity index (χ0n) is 10.0. The minimum absolute atomic E-state index is 0.135. The number of nitrogens with two attached hydrogens (primary N) is 1. The van der Waals surface area contributed by atoms with Gasteiger partial charge in [0.15, 0.2) is 0 Å². The Morgan fingerprint density at radius 1 is 1.69 bits per heavy atom. The van der Waals surface area contributed by atoms with Crippen molar-refractivity contribution in [2.45, 2.75) is 37.5 Å². The van der Waals surface area contributed by atoms with Crippen molar-refractivity contribution in [2.75, 3.05) is 18.9 Å². The summed E-state index contributed by atoms with van der Waals surface area (Å²) < 4.78 is 0. The fourth-order valence-electron chi connectivity index (χ4n) is 1.89. The van der Waals surface area contributed by atoms with E-state index in [0.717, 1.165) is 19.4 Å². The number of primary amides is 1. The van der Waals surface area contributed by atoms with Gasteiger partial charge in [0.2, 0.25) is 5.91 Å². The molecule has 4 N–H and O–H groups in total. The molecule has 1 amide bonds. The normalized spacial score (nSPS) is 21.4. The van der Waals surface area contributed by atoms with Crippen LogP contribution in [0.15, 0.2) is 0 Å². The maximum atomic E-state index is 11.7. The van der Waals surface area contributed by atoms with Crippen molar-refractivity contribution in [2.24, 2.45) is 11.7 Å². The molecule has 16 heavy (non-hydrogen) atoms. The zero-order valence-corrected chi connectivity index (χ0v) is 10.8. The van der Waals surface area contributed by atoms with Gasteiger partial charge in [-0.3, -0.25) is 4.79 Å². The first kappa shape index (κ1) is 13.8. The molecule has 1 rings (SSSR count). The van der Waals surface area contributed by atoms with Gasteiger partial charge in [-0.2, -0.15) is 11.8 Å². The van der Waals surface area contributed by atoms with E-state index in [1.165, 1.54) is 0 Å². The third kappa shape index (κ3) is 3.12. The largest absolute Gasteiger partial charge is 0.395 e. The molecule has 2 atom stereocenters. The average molecular weight is 246 g/mol. The number of carbonyl (C=O) groups is 1. The van der Waals surface area contributed by atoms with Crippen molar-refractivity contribution < 1.29 is 9.90 Å². The summed E-state index contributed by atoms with van der Waals surface area (Å²) in [4.78, 5) is 11.7. The SMILES string of the molecule is CCNC(CSC(C)CO)(C(N)=O)C1CC1. The Balaban J connectivity index is 2.64. The standard InChI is InChI=1S/C11H22N2O2S/c1-3-13-11(10(12)15,9-4-5-9)7-16-8(2)6-14/h8-9,13-14H,3-7H2,1-2H3,(H2,12,15). The molecule has 5 heteroatoms. The minimum atomic E-state index is -0.567. The topological polar surface area (TPSA) is 75.3 Å². The van der Waals surface area contributed by atoms with Gasteiger partial charge < -0.3 is 16.2 Å². The van der Waals surface area contributed by atoms with Gasteiger partial charge in [0.25, 0.3) is 0 Å². The molecule has 0 spiro atoms. The molecule has 2 unspecified atom stereocenters. The summed E-state index contributed by atoms with van der Waals surface area (Å²) in [7, 11) is 0. The van der Waals surface area contributed by atoms with Crippen molar-refractivity contribution in [3.05, 3.63) is 0 Å².